The van der Waals surface area contributed by atoms with Crippen molar-refractivity contribution in [2.75, 3.05) is 5.75 Å². The van der Waals surface area contributed by atoms with Crippen LogP contribution in [0, 0.1) is 0 Å². The third kappa shape index (κ3) is 1.81. The summed E-state index contributed by atoms with van der Waals surface area (Å²) in [7, 11) is 0. The van der Waals surface area contributed by atoms with Gasteiger partial charge in [-0.05, 0) is 47.4 Å². The van der Waals surface area contributed by atoms with Crippen molar-refractivity contribution in [2.24, 2.45) is 0 Å². The number of carboxylic acids is 1. The number of carbonyl (C=O) groups is 1. The number of hydrogen-bond donors (Lipinski definition) is 1. The third-order valence-corrected chi connectivity index (χ3v) is 4.86. The van der Waals surface area contributed by atoms with Crippen LogP contribution in [-0.2, 0) is 11.2 Å². The predicted octanol–water partition coefficient (Wildman–Crippen LogP) is 2.64. The third-order valence-electron chi connectivity index (χ3n) is 2.56. The summed E-state index contributed by atoms with van der Waals surface area (Å²) in [6, 6.07) is 2.02. The quantitative estimate of drug-likeness (QED) is 0.864. The molecule has 1 N–H and O–H groups in total. The first kappa shape index (κ1) is 10.1. The molecular formula is C10H12O2S2. The highest BCUT2D eigenvalue weighted by Gasteiger charge is 2.42. The Bertz CT molecular complexity index is 313. The van der Waals surface area contributed by atoms with Crippen LogP contribution in [0.15, 0.2) is 16.8 Å². The summed E-state index contributed by atoms with van der Waals surface area (Å²) in [5, 5.41) is 13.3. The second-order valence-corrected chi connectivity index (χ2v) is 5.82. The maximum absolute atomic E-state index is 11.2. The van der Waals surface area contributed by atoms with Crippen molar-refractivity contribution >= 4 is 29.1 Å². The van der Waals surface area contributed by atoms with Crippen LogP contribution in [0.1, 0.15) is 18.4 Å². The van der Waals surface area contributed by atoms with Crippen LogP contribution in [0.2, 0.25) is 0 Å². The van der Waals surface area contributed by atoms with Gasteiger partial charge in [-0.2, -0.15) is 11.3 Å². The van der Waals surface area contributed by atoms with Crippen LogP contribution >= 0.6 is 23.1 Å². The van der Waals surface area contributed by atoms with E-state index in [1.54, 1.807) is 23.1 Å². The molecule has 1 aromatic rings. The van der Waals surface area contributed by atoms with Crippen LogP contribution in [0.3, 0.4) is 0 Å². The Morgan fingerprint density at radius 2 is 2.50 bits per heavy atom. The van der Waals surface area contributed by atoms with Gasteiger partial charge in [0.15, 0.2) is 0 Å². The summed E-state index contributed by atoms with van der Waals surface area (Å²) in [5.41, 5.74) is 1.16. The van der Waals surface area contributed by atoms with E-state index >= 15 is 0 Å². The Labute approximate surface area is 91.3 Å². The zero-order valence-corrected chi connectivity index (χ0v) is 9.37. The summed E-state index contributed by atoms with van der Waals surface area (Å²) < 4.78 is -0.541. The second-order valence-electron chi connectivity index (χ2n) is 3.56. The average Bonchev–Trinajstić information content (AvgIpc) is 2.76. The zero-order chi connectivity index (χ0) is 10.0. The highest BCUT2D eigenvalue weighted by molar-refractivity contribution is 8.01. The maximum atomic E-state index is 11.2. The largest absolute Gasteiger partial charge is 0.480 e. The average molecular weight is 228 g/mol. The lowest BCUT2D eigenvalue weighted by Crippen LogP contribution is -2.34. The molecule has 2 heterocycles. The summed E-state index contributed by atoms with van der Waals surface area (Å²) in [4.78, 5) is 11.2. The predicted molar refractivity (Wildman–Crippen MR) is 60.1 cm³/mol. The minimum absolute atomic E-state index is 0.541. The normalized spacial score (nSPS) is 26.6. The molecule has 0 spiro atoms. The zero-order valence-electron chi connectivity index (χ0n) is 7.73. The smallest absolute Gasteiger partial charge is 0.320 e. The molecule has 0 amide bonds. The van der Waals surface area contributed by atoms with Gasteiger partial charge in [0.25, 0.3) is 0 Å². The van der Waals surface area contributed by atoms with Crippen LogP contribution in [0.5, 0.6) is 0 Å². The van der Waals surface area contributed by atoms with E-state index in [0.717, 1.165) is 24.2 Å². The van der Waals surface area contributed by atoms with Crippen molar-refractivity contribution in [3.63, 3.8) is 0 Å². The second kappa shape index (κ2) is 3.95. The number of thioether (sulfide) groups is 1. The van der Waals surface area contributed by atoms with E-state index in [1.165, 1.54) is 0 Å². The number of rotatable bonds is 3. The summed E-state index contributed by atoms with van der Waals surface area (Å²) in [5.74, 6) is 0.336. The molecule has 1 aromatic heterocycles. The van der Waals surface area contributed by atoms with E-state index in [9.17, 15) is 9.90 Å². The Hall–Kier alpha value is -0.480. The van der Waals surface area contributed by atoms with Crippen LogP contribution < -0.4 is 0 Å². The molecule has 1 aliphatic heterocycles. The maximum Gasteiger partial charge on any atom is 0.320 e. The summed E-state index contributed by atoms with van der Waals surface area (Å²) in [6.45, 7) is 0. The van der Waals surface area contributed by atoms with Gasteiger partial charge >= 0.3 is 5.97 Å². The van der Waals surface area contributed by atoms with E-state index in [4.69, 9.17) is 0 Å². The molecule has 0 bridgehead atoms. The van der Waals surface area contributed by atoms with Gasteiger partial charge < -0.3 is 5.11 Å². The van der Waals surface area contributed by atoms with E-state index in [-0.39, 0.29) is 0 Å². The molecule has 2 nitrogen and oxygen atoms in total. The fourth-order valence-corrected chi connectivity index (χ4v) is 3.83. The Morgan fingerprint density at radius 1 is 1.64 bits per heavy atom. The lowest BCUT2D eigenvalue weighted by atomic mass is 9.96. The molecule has 0 aliphatic carbocycles. The number of hydrogen-bond acceptors (Lipinski definition) is 3. The van der Waals surface area contributed by atoms with Gasteiger partial charge in [-0.3, -0.25) is 4.79 Å². The number of thiophene rings is 1. The fourth-order valence-electron chi connectivity index (χ4n) is 1.80. The van der Waals surface area contributed by atoms with Gasteiger partial charge in [-0.1, -0.05) is 0 Å². The minimum Gasteiger partial charge on any atom is -0.480 e. The molecule has 0 aromatic carbocycles. The van der Waals surface area contributed by atoms with Gasteiger partial charge in [0, 0.05) is 0 Å². The van der Waals surface area contributed by atoms with Gasteiger partial charge in [0.05, 0.1) is 0 Å². The lowest BCUT2D eigenvalue weighted by molar-refractivity contribution is -0.139. The summed E-state index contributed by atoms with van der Waals surface area (Å²) in [6.07, 6.45) is 2.51. The first-order valence-corrected chi connectivity index (χ1v) is 6.54. The van der Waals surface area contributed by atoms with E-state index in [1.807, 2.05) is 16.8 Å². The minimum atomic E-state index is -0.647. The van der Waals surface area contributed by atoms with E-state index in [2.05, 4.69) is 0 Å². The molecule has 14 heavy (non-hydrogen) atoms. The molecule has 76 valence electrons. The van der Waals surface area contributed by atoms with Crippen molar-refractivity contribution in [2.45, 2.75) is 24.0 Å². The molecule has 2 rings (SSSR count). The van der Waals surface area contributed by atoms with Crippen LogP contribution in [0.4, 0.5) is 0 Å². The molecule has 1 fully saturated rings. The monoisotopic (exact) mass is 228 g/mol. The lowest BCUT2D eigenvalue weighted by Gasteiger charge is -2.21. The van der Waals surface area contributed by atoms with Crippen molar-refractivity contribution in [3.05, 3.63) is 22.4 Å². The molecule has 1 atom stereocenters. The van der Waals surface area contributed by atoms with Crippen LogP contribution in [-0.4, -0.2) is 21.6 Å². The molecule has 1 unspecified atom stereocenters. The van der Waals surface area contributed by atoms with E-state index in [0.29, 0.717) is 6.42 Å². The van der Waals surface area contributed by atoms with E-state index < -0.39 is 10.7 Å². The molecular weight excluding hydrogens is 216 g/mol. The van der Waals surface area contributed by atoms with Gasteiger partial charge in [0.1, 0.15) is 4.75 Å². The van der Waals surface area contributed by atoms with Crippen molar-refractivity contribution in [1.82, 2.24) is 0 Å². The molecule has 4 heteroatoms. The first-order valence-electron chi connectivity index (χ1n) is 4.61. The Kier molecular flexibility index (Phi) is 2.83. The van der Waals surface area contributed by atoms with Crippen molar-refractivity contribution in [3.8, 4) is 0 Å². The topological polar surface area (TPSA) is 37.3 Å². The SMILES string of the molecule is O=C(O)C1(Cc2ccsc2)CCCS1. The number of carboxylic acid groups (broad SMARTS) is 1. The summed E-state index contributed by atoms with van der Waals surface area (Å²) >= 11 is 3.23. The Morgan fingerprint density at radius 3 is 3.00 bits per heavy atom. The molecule has 0 saturated carbocycles. The van der Waals surface area contributed by atoms with Crippen LogP contribution in [0.25, 0.3) is 0 Å². The van der Waals surface area contributed by atoms with Crippen molar-refractivity contribution < 1.29 is 9.90 Å². The molecule has 1 aliphatic rings. The first-order chi connectivity index (χ1) is 6.73. The standard InChI is InChI=1S/C10H12O2S2/c11-9(12)10(3-1-4-14-10)6-8-2-5-13-7-8/h2,5,7H,1,3-4,6H2,(H,11,12). The van der Waals surface area contributed by atoms with Gasteiger partial charge in [-0.15, -0.1) is 11.8 Å². The van der Waals surface area contributed by atoms with Gasteiger partial charge in [0.2, 0.25) is 0 Å². The van der Waals surface area contributed by atoms with Gasteiger partial charge in [-0.25, -0.2) is 0 Å². The highest BCUT2D eigenvalue weighted by atomic mass is 32.2. The van der Waals surface area contributed by atoms with Crippen molar-refractivity contribution in [1.29, 1.82) is 0 Å². The molecule has 1 saturated heterocycles. The Balaban J connectivity index is 2.16. The molecule has 0 radical (unpaired) electrons. The number of aliphatic carboxylic acids is 1. The fraction of sp³-hybridized carbons (Fsp3) is 0.500. The highest BCUT2D eigenvalue weighted by Crippen LogP contribution is 2.41.